The first-order chi connectivity index (χ1) is 8.93. The van der Waals surface area contributed by atoms with Crippen LogP contribution >= 0.6 is 11.3 Å². The number of nitrogens with one attached hydrogen (secondary N) is 1. The zero-order chi connectivity index (χ0) is 14.5. The highest BCUT2D eigenvalue weighted by atomic mass is 32.1. The summed E-state index contributed by atoms with van der Waals surface area (Å²) in [7, 11) is 0. The van der Waals surface area contributed by atoms with Gasteiger partial charge in [0.2, 0.25) is 0 Å². The first-order valence-corrected chi connectivity index (χ1v) is 7.14. The van der Waals surface area contributed by atoms with E-state index in [2.05, 4.69) is 10.3 Å². The lowest BCUT2D eigenvalue weighted by atomic mass is 10.3. The van der Waals surface area contributed by atoms with E-state index in [0.717, 1.165) is 11.3 Å². The minimum atomic E-state index is -4.41. The molecule has 19 heavy (non-hydrogen) atoms. The van der Waals surface area contributed by atoms with Gasteiger partial charge in [0.05, 0.1) is 4.88 Å². The van der Waals surface area contributed by atoms with Gasteiger partial charge in [-0.2, -0.15) is 13.2 Å². The average molecular weight is 296 g/mol. The molecule has 1 rings (SSSR count). The van der Waals surface area contributed by atoms with E-state index >= 15 is 0 Å². The summed E-state index contributed by atoms with van der Waals surface area (Å²) in [6.45, 7) is 6.81. The normalized spacial score (nSPS) is 13.8. The predicted octanol–water partition coefficient (Wildman–Crippen LogP) is 3.76. The van der Waals surface area contributed by atoms with Gasteiger partial charge in [-0.3, -0.25) is 0 Å². The second-order valence-corrected chi connectivity index (χ2v) is 5.07. The smallest absolute Gasteiger partial charge is 0.371 e. The van der Waals surface area contributed by atoms with Crippen LogP contribution in [0.3, 0.4) is 0 Å². The van der Waals surface area contributed by atoms with Crippen molar-refractivity contribution in [1.29, 1.82) is 0 Å². The fraction of sp³-hybridized carbons (Fsp3) is 0.750. The van der Waals surface area contributed by atoms with E-state index in [-0.39, 0.29) is 17.5 Å². The van der Waals surface area contributed by atoms with Gasteiger partial charge in [0, 0.05) is 13.2 Å². The van der Waals surface area contributed by atoms with E-state index in [4.69, 9.17) is 4.74 Å². The van der Waals surface area contributed by atoms with Crippen molar-refractivity contribution >= 4 is 11.3 Å². The molecule has 0 saturated heterocycles. The summed E-state index contributed by atoms with van der Waals surface area (Å²) >= 11 is 1.08. The maximum Gasteiger partial charge on any atom is 0.434 e. The number of ether oxygens (including phenoxy) is 1. The number of thiazole rings is 1. The minimum absolute atomic E-state index is 0.186. The fourth-order valence-electron chi connectivity index (χ4n) is 1.65. The van der Waals surface area contributed by atoms with Crippen molar-refractivity contribution in [2.24, 2.45) is 0 Å². The molecule has 1 atom stereocenters. The van der Waals surface area contributed by atoms with Gasteiger partial charge in [0.1, 0.15) is 11.1 Å². The molecule has 3 nitrogen and oxygen atoms in total. The molecule has 0 spiro atoms. The third-order valence-electron chi connectivity index (χ3n) is 2.53. The Morgan fingerprint density at radius 1 is 1.32 bits per heavy atom. The highest BCUT2D eigenvalue weighted by Gasteiger charge is 2.38. The SMILES string of the molecule is CCNCc1sc(C(CC)OCC)nc1C(F)(F)F. The van der Waals surface area contributed by atoms with Crippen LogP contribution in [-0.4, -0.2) is 18.1 Å². The predicted molar refractivity (Wildman–Crippen MR) is 69.2 cm³/mol. The Hall–Kier alpha value is -0.660. The third-order valence-corrected chi connectivity index (χ3v) is 3.68. The van der Waals surface area contributed by atoms with Crippen LogP contribution in [-0.2, 0) is 17.5 Å². The maximum absolute atomic E-state index is 12.9. The molecule has 0 aromatic carbocycles. The van der Waals surface area contributed by atoms with Crippen molar-refractivity contribution in [3.63, 3.8) is 0 Å². The van der Waals surface area contributed by atoms with E-state index in [1.807, 2.05) is 20.8 Å². The van der Waals surface area contributed by atoms with Crippen LogP contribution in [0.15, 0.2) is 0 Å². The zero-order valence-corrected chi connectivity index (χ0v) is 12.1. The van der Waals surface area contributed by atoms with Crippen LogP contribution in [0.4, 0.5) is 13.2 Å². The standard InChI is InChI=1S/C12H19F3N2OS/c1-4-8(18-6-3)11-17-10(12(13,14)15)9(19-11)7-16-5-2/h8,16H,4-7H2,1-3H3. The van der Waals surface area contributed by atoms with Crippen LogP contribution in [0, 0.1) is 0 Å². The molecule has 1 unspecified atom stereocenters. The second-order valence-electron chi connectivity index (χ2n) is 3.95. The quantitative estimate of drug-likeness (QED) is 0.832. The number of hydrogen-bond donors (Lipinski definition) is 1. The van der Waals surface area contributed by atoms with Crippen LogP contribution in [0.25, 0.3) is 0 Å². The lowest BCUT2D eigenvalue weighted by Crippen LogP contribution is -2.15. The molecule has 0 aliphatic rings. The van der Waals surface area contributed by atoms with E-state index < -0.39 is 11.9 Å². The molecule has 1 aromatic rings. The average Bonchev–Trinajstić information content (AvgIpc) is 2.77. The highest BCUT2D eigenvalue weighted by Crippen LogP contribution is 2.37. The van der Waals surface area contributed by atoms with Gasteiger partial charge in [-0.1, -0.05) is 13.8 Å². The van der Waals surface area contributed by atoms with Crippen molar-refractivity contribution in [3.8, 4) is 0 Å². The Labute approximate surface area is 115 Å². The van der Waals surface area contributed by atoms with Gasteiger partial charge in [-0.25, -0.2) is 4.98 Å². The number of hydrogen-bond acceptors (Lipinski definition) is 4. The molecule has 7 heteroatoms. The third kappa shape index (κ3) is 4.43. The van der Waals surface area contributed by atoms with Gasteiger partial charge < -0.3 is 10.1 Å². The summed E-state index contributed by atoms with van der Waals surface area (Å²) in [5.74, 6) is 0. The van der Waals surface area contributed by atoms with Gasteiger partial charge in [0.15, 0.2) is 5.69 Å². The van der Waals surface area contributed by atoms with Gasteiger partial charge >= 0.3 is 6.18 Å². The molecule has 1 aromatic heterocycles. The number of halogens is 3. The van der Waals surface area contributed by atoms with E-state index in [9.17, 15) is 13.2 Å². The molecule has 0 radical (unpaired) electrons. The summed E-state index contributed by atoms with van der Waals surface area (Å²) in [5.41, 5.74) is -0.786. The van der Waals surface area contributed by atoms with Crippen molar-refractivity contribution in [2.45, 2.75) is 46.0 Å². The molecule has 0 fully saturated rings. The van der Waals surface area contributed by atoms with Crippen LogP contribution < -0.4 is 5.32 Å². The van der Waals surface area contributed by atoms with Gasteiger partial charge in [0.25, 0.3) is 0 Å². The number of rotatable bonds is 7. The van der Waals surface area contributed by atoms with E-state index in [1.165, 1.54) is 0 Å². The van der Waals surface area contributed by atoms with Crippen LogP contribution in [0.1, 0.15) is 48.9 Å². The molecular formula is C12H19F3N2OS. The fourth-order valence-corrected chi connectivity index (χ4v) is 2.84. The summed E-state index contributed by atoms with van der Waals surface area (Å²) < 4.78 is 44.2. The Morgan fingerprint density at radius 2 is 2.00 bits per heavy atom. The molecule has 1 heterocycles. The Bertz CT molecular complexity index is 393. The molecule has 0 aliphatic heterocycles. The first kappa shape index (κ1) is 16.4. The highest BCUT2D eigenvalue weighted by molar-refractivity contribution is 7.11. The summed E-state index contributed by atoms with van der Waals surface area (Å²) in [6.07, 6.45) is -4.16. The Morgan fingerprint density at radius 3 is 2.47 bits per heavy atom. The summed E-state index contributed by atoms with van der Waals surface area (Å²) in [6, 6.07) is 0. The topological polar surface area (TPSA) is 34.1 Å². The lowest BCUT2D eigenvalue weighted by Gasteiger charge is -2.11. The zero-order valence-electron chi connectivity index (χ0n) is 11.3. The Kier molecular flexibility index (Phi) is 6.22. The number of alkyl halides is 3. The monoisotopic (exact) mass is 296 g/mol. The molecule has 1 N–H and O–H groups in total. The molecule has 0 saturated carbocycles. The van der Waals surface area contributed by atoms with Crippen LogP contribution in [0.2, 0.25) is 0 Å². The summed E-state index contributed by atoms with van der Waals surface area (Å²) in [4.78, 5) is 3.98. The summed E-state index contributed by atoms with van der Waals surface area (Å²) in [5, 5.41) is 3.32. The van der Waals surface area contributed by atoms with Crippen molar-refractivity contribution in [2.75, 3.05) is 13.2 Å². The van der Waals surface area contributed by atoms with Crippen molar-refractivity contribution in [1.82, 2.24) is 10.3 Å². The lowest BCUT2D eigenvalue weighted by molar-refractivity contribution is -0.141. The first-order valence-electron chi connectivity index (χ1n) is 6.33. The number of aromatic nitrogens is 1. The van der Waals surface area contributed by atoms with Crippen molar-refractivity contribution in [3.05, 3.63) is 15.6 Å². The Balaban J connectivity index is 3.04. The molecule has 0 bridgehead atoms. The molecular weight excluding hydrogens is 277 g/mol. The van der Waals surface area contributed by atoms with Gasteiger partial charge in [-0.15, -0.1) is 11.3 Å². The minimum Gasteiger partial charge on any atom is -0.371 e. The number of nitrogens with zero attached hydrogens (tertiary/aromatic N) is 1. The van der Waals surface area contributed by atoms with E-state index in [1.54, 1.807) is 0 Å². The maximum atomic E-state index is 12.9. The molecule has 110 valence electrons. The van der Waals surface area contributed by atoms with Crippen LogP contribution in [0.5, 0.6) is 0 Å². The molecule has 0 aliphatic carbocycles. The molecule has 0 amide bonds. The van der Waals surface area contributed by atoms with E-state index in [0.29, 0.717) is 24.6 Å². The largest absolute Gasteiger partial charge is 0.434 e. The second kappa shape index (κ2) is 7.21. The van der Waals surface area contributed by atoms with Gasteiger partial charge in [-0.05, 0) is 19.9 Å². The van der Waals surface area contributed by atoms with Crippen molar-refractivity contribution < 1.29 is 17.9 Å².